The predicted octanol–water partition coefficient (Wildman–Crippen LogP) is 17.1. The van der Waals surface area contributed by atoms with Crippen molar-refractivity contribution in [3.05, 3.63) is 259 Å². The molecule has 0 N–H and O–H groups in total. The third kappa shape index (κ3) is 5.51. The zero-order valence-corrected chi connectivity index (χ0v) is 35.6. The smallest absolute Gasteiger partial charge is 0.143 e. The minimum atomic E-state index is -0.516. The van der Waals surface area contributed by atoms with Gasteiger partial charge in [-0.2, -0.15) is 0 Å². The molecule has 0 spiro atoms. The van der Waals surface area contributed by atoms with Crippen LogP contribution in [0.5, 0.6) is 0 Å². The van der Waals surface area contributed by atoms with Crippen molar-refractivity contribution < 1.29 is 4.42 Å². The van der Waals surface area contributed by atoms with E-state index in [0.29, 0.717) is 0 Å². The summed E-state index contributed by atoms with van der Waals surface area (Å²) < 4.78 is 9.13. The van der Waals surface area contributed by atoms with Gasteiger partial charge in [0.05, 0.1) is 5.41 Å². The van der Waals surface area contributed by atoms with E-state index in [1.165, 1.54) is 64.7 Å². The topological polar surface area (TPSA) is 16.4 Å². The van der Waals surface area contributed by atoms with E-state index < -0.39 is 5.41 Å². The number of fused-ring (bicyclic) bond motifs is 10. The molecule has 0 saturated carbocycles. The molecule has 300 valence electrons. The normalized spacial score (nSPS) is 12.8. The fraction of sp³-hybridized carbons (Fsp3) is 0.0164. The van der Waals surface area contributed by atoms with Crippen molar-refractivity contribution in [1.82, 2.24) is 0 Å². The number of furan rings is 1. The van der Waals surface area contributed by atoms with Gasteiger partial charge in [-0.15, -0.1) is 11.3 Å². The Morgan fingerprint density at radius 3 is 1.66 bits per heavy atom. The van der Waals surface area contributed by atoms with Crippen molar-refractivity contribution in [3.8, 4) is 33.4 Å². The van der Waals surface area contributed by atoms with Gasteiger partial charge in [0, 0.05) is 59.1 Å². The molecule has 64 heavy (non-hydrogen) atoms. The molecule has 0 aliphatic heterocycles. The Hall–Kier alpha value is -7.98. The maximum Gasteiger partial charge on any atom is 0.143 e. The lowest BCUT2D eigenvalue weighted by Crippen LogP contribution is -2.28. The molecule has 0 saturated heterocycles. The Labute approximate surface area is 375 Å². The van der Waals surface area contributed by atoms with Crippen LogP contribution in [0.1, 0.15) is 22.3 Å². The summed E-state index contributed by atoms with van der Waals surface area (Å²) in [6.45, 7) is 0. The highest BCUT2D eigenvalue weighted by atomic mass is 32.1. The van der Waals surface area contributed by atoms with E-state index in [9.17, 15) is 0 Å². The SMILES string of the molecule is c1ccc(-c2ccc(N(c3ccc(-c4cccc5c4oc4ccccc45)cc3)c3ccc4c(c3)-c3c(ccc5c3sc3ccccc35)C4(c3ccccc3)c3ccccc3)cc2)cc1. The summed E-state index contributed by atoms with van der Waals surface area (Å²) in [5.41, 5.74) is 16.8. The number of thiophene rings is 1. The van der Waals surface area contributed by atoms with Crippen LogP contribution < -0.4 is 4.90 Å². The van der Waals surface area contributed by atoms with E-state index in [2.05, 4.69) is 229 Å². The van der Waals surface area contributed by atoms with Gasteiger partial charge < -0.3 is 9.32 Å². The lowest BCUT2D eigenvalue weighted by molar-refractivity contribution is 0.670. The zero-order valence-electron chi connectivity index (χ0n) is 34.8. The third-order valence-electron chi connectivity index (χ3n) is 13.4. The molecule has 0 fully saturated rings. The molecule has 2 nitrogen and oxygen atoms in total. The summed E-state index contributed by atoms with van der Waals surface area (Å²) >= 11 is 1.91. The first-order valence-corrected chi connectivity index (χ1v) is 22.7. The van der Waals surface area contributed by atoms with Crippen molar-refractivity contribution in [2.24, 2.45) is 0 Å². The van der Waals surface area contributed by atoms with E-state index in [1.54, 1.807) is 0 Å². The van der Waals surface area contributed by atoms with Gasteiger partial charge in [0.15, 0.2) is 0 Å². The lowest BCUT2D eigenvalue weighted by atomic mass is 9.67. The number of para-hydroxylation sites is 2. The maximum absolute atomic E-state index is 6.49. The quantitative estimate of drug-likeness (QED) is 0.159. The molecule has 12 aromatic rings. The molecule has 1 aliphatic carbocycles. The average Bonchev–Trinajstić information content (AvgIpc) is 4.04. The van der Waals surface area contributed by atoms with Crippen LogP contribution >= 0.6 is 11.3 Å². The molecular formula is C61H39NOS. The maximum atomic E-state index is 6.49. The van der Waals surface area contributed by atoms with Crippen LogP contribution in [-0.2, 0) is 5.41 Å². The minimum absolute atomic E-state index is 0.516. The number of nitrogens with zero attached hydrogens (tertiary/aromatic N) is 1. The van der Waals surface area contributed by atoms with E-state index in [1.807, 2.05) is 23.5 Å². The van der Waals surface area contributed by atoms with Crippen LogP contribution in [0.25, 0.3) is 75.5 Å². The molecule has 0 atom stereocenters. The fourth-order valence-corrected chi connectivity index (χ4v) is 11.8. The molecule has 0 radical (unpaired) electrons. The van der Waals surface area contributed by atoms with Crippen LogP contribution in [0.3, 0.4) is 0 Å². The number of hydrogen-bond acceptors (Lipinski definition) is 3. The standard InChI is InChI=1S/C61H39NOS/c1-4-15-40(16-5-1)41-27-31-45(32-28-41)62(46-33-29-42(30-34-46)48-23-14-24-51-49-21-10-12-25-56(49)63-59(48)51)47-35-37-54-53(39-47)58-55(38-36-52-50-22-11-13-26-57(50)64-60(52)58)61(54,43-17-6-2-7-18-43)44-19-8-3-9-20-44/h1-39H. The molecular weight excluding hydrogens is 795 g/mol. The summed E-state index contributed by atoms with van der Waals surface area (Å²) in [6.07, 6.45) is 0. The molecule has 1 aliphatic rings. The van der Waals surface area contributed by atoms with Gasteiger partial charge in [0.25, 0.3) is 0 Å². The van der Waals surface area contributed by atoms with E-state index in [-0.39, 0.29) is 0 Å². The highest BCUT2D eigenvalue weighted by Gasteiger charge is 2.47. The Morgan fingerprint density at radius 2 is 0.938 bits per heavy atom. The van der Waals surface area contributed by atoms with E-state index in [4.69, 9.17) is 4.42 Å². The zero-order chi connectivity index (χ0) is 42.2. The third-order valence-corrected chi connectivity index (χ3v) is 14.6. The van der Waals surface area contributed by atoms with Crippen LogP contribution in [0, 0.1) is 0 Å². The highest BCUT2D eigenvalue weighted by molar-refractivity contribution is 7.26. The predicted molar refractivity (Wildman–Crippen MR) is 269 cm³/mol. The molecule has 0 bridgehead atoms. The average molecular weight is 834 g/mol. The molecule has 0 amide bonds. The molecule has 2 heterocycles. The van der Waals surface area contributed by atoms with Gasteiger partial charge in [-0.25, -0.2) is 0 Å². The number of hydrogen-bond donors (Lipinski definition) is 0. The number of rotatable bonds is 7. The second kappa shape index (κ2) is 14.6. The van der Waals surface area contributed by atoms with Gasteiger partial charge in [0.2, 0.25) is 0 Å². The Morgan fingerprint density at radius 1 is 0.375 bits per heavy atom. The summed E-state index contributed by atoms with van der Waals surface area (Å²) in [5.74, 6) is 0. The summed E-state index contributed by atoms with van der Waals surface area (Å²) in [6, 6.07) is 86.4. The van der Waals surface area contributed by atoms with Crippen molar-refractivity contribution in [2.45, 2.75) is 5.41 Å². The number of anilines is 3. The monoisotopic (exact) mass is 833 g/mol. The molecule has 3 heteroatoms. The Balaban J connectivity index is 1.04. The summed E-state index contributed by atoms with van der Waals surface area (Å²) in [7, 11) is 0. The van der Waals surface area contributed by atoms with Crippen molar-refractivity contribution in [2.75, 3.05) is 4.90 Å². The van der Waals surface area contributed by atoms with E-state index >= 15 is 0 Å². The van der Waals surface area contributed by atoms with Gasteiger partial charge >= 0.3 is 0 Å². The second-order valence-corrected chi connectivity index (χ2v) is 17.8. The summed E-state index contributed by atoms with van der Waals surface area (Å²) in [5, 5.41) is 4.87. The lowest BCUT2D eigenvalue weighted by Gasteiger charge is -2.34. The molecule has 13 rings (SSSR count). The van der Waals surface area contributed by atoms with Crippen molar-refractivity contribution in [1.29, 1.82) is 0 Å². The van der Waals surface area contributed by atoms with Crippen LogP contribution in [0.2, 0.25) is 0 Å². The van der Waals surface area contributed by atoms with Crippen LogP contribution in [0.4, 0.5) is 17.1 Å². The second-order valence-electron chi connectivity index (χ2n) is 16.8. The van der Waals surface area contributed by atoms with Gasteiger partial charge in [0.1, 0.15) is 11.2 Å². The van der Waals surface area contributed by atoms with Crippen molar-refractivity contribution in [3.63, 3.8) is 0 Å². The van der Waals surface area contributed by atoms with Gasteiger partial charge in [-0.3, -0.25) is 0 Å². The Kier molecular flexibility index (Phi) is 8.34. The minimum Gasteiger partial charge on any atom is -0.455 e. The highest BCUT2D eigenvalue weighted by Crippen LogP contribution is 2.60. The first-order chi connectivity index (χ1) is 31.7. The molecule has 10 aromatic carbocycles. The first-order valence-electron chi connectivity index (χ1n) is 21.9. The number of benzene rings is 10. The molecule has 0 unspecified atom stereocenters. The molecule has 2 aromatic heterocycles. The Bertz CT molecular complexity index is 3660. The van der Waals surface area contributed by atoms with Crippen LogP contribution in [-0.4, -0.2) is 0 Å². The van der Waals surface area contributed by atoms with E-state index in [0.717, 1.165) is 50.1 Å². The first kappa shape index (κ1) is 36.7. The van der Waals surface area contributed by atoms with Gasteiger partial charge in [-0.05, 0) is 93.0 Å². The largest absolute Gasteiger partial charge is 0.455 e. The van der Waals surface area contributed by atoms with Gasteiger partial charge in [-0.1, -0.05) is 188 Å². The van der Waals surface area contributed by atoms with Crippen molar-refractivity contribution >= 4 is 70.5 Å². The summed E-state index contributed by atoms with van der Waals surface area (Å²) in [4.78, 5) is 2.41. The fourth-order valence-electron chi connectivity index (χ4n) is 10.5. The van der Waals surface area contributed by atoms with Crippen LogP contribution in [0.15, 0.2) is 241 Å².